The normalized spacial score (nSPS) is 37.0. The van der Waals surface area contributed by atoms with E-state index in [0.717, 1.165) is 26.2 Å². The largest absolute Gasteiger partial charge is 0.378 e. The molecule has 70 valence electrons. The maximum absolute atomic E-state index is 5.59. The zero-order valence-corrected chi connectivity index (χ0v) is 7.51. The van der Waals surface area contributed by atoms with Gasteiger partial charge in [0.2, 0.25) is 0 Å². The molecular weight excluding hydrogens is 152 g/mol. The summed E-state index contributed by atoms with van der Waals surface area (Å²) in [6, 6.07) is 0.641. The second-order valence-electron chi connectivity index (χ2n) is 3.73. The molecule has 2 atom stereocenters. The average Bonchev–Trinajstić information content (AvgIpc) is 2.59. The van der Waals surface area contributed by atoms with Crippen molar-refractivity contribution in [2.75, 3.05) is 26.2 Å². The zero-order valence-electron chi connectivity index (χ0n) is 7.51. The summed E-state index contributed by atoms with van der Waals surface area (Å²) in [6.07, 6.45) is 4.23. The number of piperazine rings is 1. The first-order chi connectivity index (χ1) is 5.95. The third-order valence-corrected chi connectivity index (χ3v) is 2.70. The summed E-state index contributed by atoms with van der Waals surface area (Å²) < 4.78 is 5.59. The predicted molar refractivity (Wildman–Crippen MR) is 48.3 cm³/mol. The van der Waals surface area contributed by atoms with Crippen molar-refractivity contribution >= 4 is 0 Å². The zero-order chi connectivity index (χ0) is 8.23. The highest BCUT2D eigenvalue weighted by Crippen LogP contribution is 2.16. The smallest absolute Gasteiger partial charge is 0.0591 e. The Morgan fingerprint density at radius 3 is 3.00 bits per heavy atom. The van der Waals surface area contributed by atoms with Crippen molar-refractivity contribution in [3.05, 3.63) is 0 Å². The van der Waals surface area contributed by atoms with Gasteiger partial charge in [-0.3, -0.25) is 0 Å². The molecule has 3 nitrogen and oxygen atoms in total. The van der Waals surface area contributed by atoms with Gasteiger partial charge in [0, 0.05) is 32.3 Å². The summed E-state index contributed by atoms with van der Waals surface area (Å²) in [4.78, 5) is 0. The first-order valence-electron chi connectivity index (χ1n) is 5.01. The molecule has 0 aromatic rings. The molecule has 2 N–H and O–H groups in total. The van der Waals surface area contributed by atoms with Crippen LogP contribution >= 0.6 is 0 Å². The Morgan fingerprint density at radius 1 is 1.33 bits per heavy atom. The van der Waals surface area contributed by atoms with Crippen LogP contribution in [0.5, 0.6) is 0 Å². The molecule has 0 amide bonds. The standard InChI is InChI=1S/C9H18N2O/c1-2-9(12-5-1)6-8-7-10-3-4-11-8/h8-11H,1-7H2. The lowest BCUT2D eigenvalue weighted by Crippen LogP contribution is -2.49. The first kappa shape index (κ1) is 8.48. The number of hydrogen-bond donors (Lipinski definition) is 2. The van der Waals surface area contributed by atoms with Crippen molar-refractivity contribution < 1.29 is 4.74 Å². The van der Waals surface area contributed by atoms with Crippen LogP contribution in [-0.4, -0.2) is 38.4 Å². The Bertz CT molecular complexity index is 128. The molecule has 0 saturated carbocycles. The molecule has 2 fully saturated rings. The molecule has 2 aliphatic heterocycles. The Hall–Kier alpha value is -0.120. The molecule has 2 saturated heterocycles. The van der Waals surface area contributed by atoms with E-state index in [0.29, 0.717) is 12.1 Å². The minimum Gasteiger partial charge on any atom is -0.378 e. The van der Waals surface area contributed by atoms with Crippen LogP contribution in [0.2, 0.25) is 0 Å². The van der Waals surface area contributed by atoms with Crippen LogP contribution in [0.3, 0.4) is 0 Å². The Labute approximate surface area is 73.9 Å². The maximum Gasteiger partial charge on any atom is 0.0591 e. The second-order valence-corrected chi connectivity index (χ2v) is 3.73. The summed E-state index contributed by atoms with van der Waals surface area (Å²) in [7, 11) is 0. The quantitative estimate of drug-likeness (QED) is 0.617. The van der Waals surface area contributed by atoms with Crippen molar-refractivity contribution in [1.29, 1.82) is 0 Å². The fraction of sp³-hybridized carbons (Fsp3) is 1.00. The van der Waals surface area contributed by atoms with E-state index in [1.165, 1.54) is 19.3 Å². The van der Waals surface area contributed by atoms with Gasteiger partial charge in [-0.05, 0) is 19.3 Å². The van der Waals surface area contributed by atoms with Crippen LogP contribution in [0.25, 0.3) is 0 Å². The fourth-order valence-corrected chi connectivity index (χ4v) is 2.03. The summed E-state index contributed by atoms with van der Waals surface area (Å²) >= 11 is 0. The van der Waals surface area contributed by atoms with Crippen molar-refractivity contribution in [2.24, 2.45) is 0 Å². The maximum atomic E-state index is 5.59. The molecule has 0 spiro atoms. The van der Waals surface area contributed by atoms with E-state index in [9.17, 15) is 0 Å². The number of nitrogens with one attached hydrogen (secondary N) is 2. The molecule has 2 unspecified atom stereocenters. The average molecular weight is 170 g/mol. The highest BCUT2D eigenvalue weighted by Gasteiger charge is 2.21. The molecular formula is C9H18N2O. The van der Waals surface area contributed by atoms with Gasteiger partial charge in [0.25, 0.3) is 0 Å². The van der Waals surface area contributed by atoms with Gasteiger partial charge in [0.1, 0.15) is 0 Å². The highest BCUT2D eigenvalue weighted by molar-refractivity contribution is 4.80. The monoisotopic (exact) mass is 170 g/mol. The van der Waals surface area contributed by atoms with Crippen molar-refractivity contribution in [3.8, 4) is 0 Å². The molecule has 0 bridgehead atoms. The third-order valence-electron chi connectivity index (χ3n) is 2.70. The topological polar surface area (TPSA) is 33.3 Å². The number of ether oxygens (including phenoxy) is 1. The molecule has 3 heteroatoms. The van der Waals surface area contributed by atoms with E-state index in [2.05, 4.69) is 10.6 Å². The van der Waals surface area contributed by atoms with Crippen LogP contribution in [0.15, 0.2) is 0 Å². The minimum atomic E-state index is 0.530. The minimum absolute atomic E-state index is 0.530. The van der Waals surface area contributed by atoms with E-state index >= 15 is 0 Å². The van der Waals surface area contributed by atoms with E-state index in [4.69, 9.17) is 4.74 Å². The van der Waals surface area contributed by atoms with E-state index in [-0.39, 0.29) is 0 Å². The van der Waals surface area contributed by atoms with E-state index in [1.807, 2.05) is 0 Å². The summed E-state index contributed by atoms with van der Waals surface area (Å²) in [5, 5.41) is 6.89. The lowest BCUT2D eigenvalue weighted by molar-refractivity contribution is 0.0928. The SMILES string of the molecule is C1COC(CC2CNCCN2)C1. The third kappa shape index (κ3) is 2.19. The second kappa shape index (κ2) is 4.21. The highest BCUT2D eigenvalue weighted by atomic mass is 16.5. The Morgan fingerprint density at radius 2 is 2.33 bits per heavy atom. The van der Waals surface area contributed by atoms with Crippen molar-refractivity contribution in [2.45, 2.75) is 31.4 Å². The molecule has 0 aromatic heterocycles. The molecule has 2 heterocycles. The van der Waals surface area contributed by atoms with Crippen LogP contribution in [0.4, 0.5) is 0 Å². The number of hydrogen-bond acceptors (Lipinski definition) is 3. The first-order valence-corrected chi connectivity index (χ1v) is 5.01. The molecule has 2 rings (SSSR count). The fourth-order valence-electron chi connectivity index (χ4n) is 2.03. The van der Waals surface area contributed by atoms with Crippen molar-refractivity contribution in [1.82, 2.24) is 10.6 Å². The van der Waals surface area contributed by atoms with Gasteiger partial charge in [0.15, 0.2) is 0 Å². The lowest BCUT2D eigenvalue weighted by atomic mass is 10.1. The van der Waals surface area contributed by atoms with Gasteiger partial charge in [-0.1, -0.05) is 0 Å². The Balaban J connectivity index is 1.69. The molecule has 0 radical (unpaired) electrons. The van der Waals surface area contributed by atoms with Gasteiger partial charge in [-0.25, -0.2) is 0 Å². The molecule has 2 aliphatic rings. The summed E-state index contributed by atoms with van der Waals surface area (Å²) in [5.41, 5.74) is 0. The molecule has 0 aromatic carbocycles. The van der Waals surface area contributed by atoms with Crippen molar-refractivity contribution in [3.63, 3.8) is 0 Å². The van der Waals surface area contributed by atoms with Gasteiger partial charge in [0.05, 0.1) is 6.10 Å². The van der Waals surface area contributed by atoms with Gasteiger partial charge in [-0.15, -0.1) is 0 Å². The summed E-state index contributed by atoms with van der Waals surface area (Å²) in [5.74, 6) is 0. The van der Waals surface area contributed by atoms with Crippen LogP contribution in [-0.2, 0) is 4.74 Å². The van der Waals surface area contributed by atoms with Crippen LogP contribution in [0.1, 0.15) is 19.3 Å². The summed E-state index contributed by atoms with van der Waals surface area (Å²) in [6.45, 7) is 4.31. The van der Waals surface area contributed by atoms with Crippen LogP contribution < -0.4 is 10.6 Å². The predicted octanol–water partition coefficient (Wildman–Crippen LogP) is 0.117. The van der Waals surface area contributed by atoms with Crippen LogP contribution in [0, 0.1) is 0 Å². The molecule has 12 heavy (non-hydrogen) atoms. The lowest BCUT2D eigenvalue weighted by Gasteiger charge is -2.26. The van der Waals surface area contributed by atoms with Gasteiger partial charge < -0.3 is 15.4 Å². The van der Waals surface area contributed by atoms with Gasteiger partial charge in [-0.2, -0.15) is 0 Å². The van der Waals surface area contributed by atoms with Gasteiger partial charge >= 0.3 is 0 Å². The number of rotatable bonds is 2. The van der Waals surface area contributed by atoms with E-state index < -0.39 is 0 Å². The van der Waals surface area contributed by atoms with E-state index in [1.54, 1.807) is 0 Å². The Kier molecular flexibility index (Phi) is 2.98. The molecule has 0 aliphatic carbocycles.